The molecule has 136 valence electrons. The van der Waals surface area contributed by atoms with Gasteiger partial charge in [-0.2, -0.15) is 0 Å². The number of hydrogen-bond donors (Lipinski definition) is 2. The predicted octanol–water partition coefficient (Wildman–Crippen LogP) is 1.96. The number of nitrogens with zero attached hydrogens (tertiary/aromatic N) is 2. The minimum Gasteiger partial charge on any atom is -0.342 e. The Morgan fingerprint density at radius 1 is 1.20 bits per heavy atom. The van der Waals surface area contributed by atoms with Gasteiger partial charge in [0.15, 0.2) is 0 Å². The van der Waals surface area contributed by atoms with Crippen molar-refractivity contribution in [3.05, 3.63) is 23.9 Å². The van der Waals surface area contributed by atoms with Gasteiger partial charge in [-0.3, -0.25) is 9.59 Å². The van der Waals surface area contributed by atoms with E-state index in [0.29, 0.717) is 24.9 Å². The van der Waals surface area contributed by atoms with Crippen molar-refractivity contribution in [1.82, 2.24) is 15.2 Å². The van der Waals surface area contributed by atoms with Gasteiger partial charge in [0.1, 0.15) is 5.82 Å². The molecular formula is C19H28N4O2. The average Bonchev–Trinajstić information content (AvgIpc) is 2.63. The number of likely N-dealkylation sites (tertiary alicyclic amines) is 1. The summed E-state index contributed by atoms with van der Waals surface area (Å²) in [6, 6.07) is 4.17. The van der Waals surface area contributed by atoms with E-state index in [9.17, 15) is 9.59 Å². The highest BCUT2D eigenvalue weighted by Crippen LogP contribution is 2.24. The largest absolute Gasteiger partial charge is 0.342 e. The van der Waals surface area contributed by atoms with E-state index >= 15 is 0 Å². The van der Waals surface area contributed by atoms with Gasteiger partial charge in [0.25, 0.3) is 0 Å². The zero-order valence-electron chi connectivity index (χ0n) is 15.1. The molecule has 3 heterocycles. The number of rotatable bonds is 3. The van der Waals surface area contributed by atoms with Crippen molar-refractivity contribution in [3.8, 4) is 0 Å². The second-order valence-electron chi connectivity index (χ2n) is 7.39. The highest BCUT2D eigenvalue weighted by atomic mass is 16.2. The fourth-order valence-corrected chi connectivity index (χ4v) is 3.75. The minimum absolute atomic E-state index is 0.0129. The third-order valence-electron chi connectivity index (χ3n) is 5.31. The molecule has 3 rings (SSSR count). The van der Waals surface area contributed by atoms with Crippen molar-refractivity contribution in [1.29, 1.82) is 0 Å². The number of aryl methyl sites for hydroxylation is 1. The van der Waals surface area contributed by atoms with Crippen molar-refractivity contribution in [2.75, 3.05) is 25.0 Å². The zero-order valence-corrected chi connectivity index (χ0v) is 15.1. The average molecular weight is 344 g/mol. The Bertz CT molecular complexity index is 608. The number of amides is 2. The smallest absolute Gasteiger partial charge is 0.228 e. The van der Waals surface area contributed by atoms with Gasteiger partial charge in [-0.25, -0.2) is 4.98 Å². The maximum atomic E-state index is 12.7. The molecule has 6 heteroatoms. The van der Waals surface area contributed by atoms with E-state index in [4.69, 9.17) is 0 Å². The molecule has 0 aromatic carbocycles. The van der Waals surface area contributed by atoms with Crippen molar-refractivity contribution >= 4 is 17.6 Å². The maximum absolute atomic E-state index is 12.7. The number of carbonyl (C=O) groups excluding carboxylic acids is 2. The summed E-state index contributed by atoms with van der Waals surface area (Å²) in [6.45, 7) is 6.37. The van der Waals surface area contributed by atoms with E-state index in [0.717, 1.165) is 37.8 Å². The second kappa shape index (κ2) is 7.95. The molecule has 25 heavy (non-hydrogen) atoms. The first-order valence-corrected chi connectivity index (χ1v) is 9.28. The lowest BCUT2D eigenvalue weighted by Gasteiger charge is -2.36. The van der Waals surface area contributed by atoms with Crippen LogP contribution in [0.4, 0.5) is 5.82 Å². The maximum Gasteiger partial charge on any atom is 0.228 e. The second-order valence-corrected chi connectivity index (χ2v) is 7.39. The standard InChI is InChI=1S/C19H28N4O2/c1-13-3-4-17(21-12-13)22-18(24)15-6-9-23(10-7-15)19(25)16-5-8-20-14(2)11-16/h3-4,12,14-16,20H,5-11H2,1-2H3,(H,21,22,24)/t14-,16-/m0/s1. The van der Waals surface area contributed by atoms with Crippen LogP contribution < -0.4 is 10.6 Å². The fourth-order valence-electron chi connectivity index (χ4n) is 3.75. The van der Waals surface area contributed by atoms with Crippen molar-refractivity contribution in [2.45, 2.75) is 45.6 Å². The minimum atomic E-state index is -0.0425. The number of piperidine rings is 2. The number of hydrogen-bond acceptors (Lipinski definition) is 4. The Hall–Kier alpha value is -1.95. The van der Waals surface area contributed by atoms with E-state index in [2.05, 4.69) is 22.5 Å². The lowest BCUT2D eigenvalue weighted by molar-refractivity contribution is -0.139. The molecule has 2 atom stereocenters. The Morgan fingerprint density at radius 3 is 2.60 bits per heavy atom. The Labute approximate surface area is 149 Å². The highest BCUT2D eigenvalue weighted by molar-refractivity contribution is 5.92. The van der Waals surface area contributed by atoms with Gasteiger partial charge in [-0.15, -0.1) is 0 Å². The topological polar surface area (TPSA) is 74.3 Å². The number of aromatic nitrogens is 1. The first kappa shape index (κ1) is 17.9. The molecule has 1 aromatic rings. The summed E-state index contributed by atoms with van der Waals surface area (Å²) in [4.78, 5) is 31.3. The lowest BCUT2D eigenvalue weighted by atomic mass is 9.90. The molecule has 0 spiro atoms. The van der Waals surface area contributed by atoms with E-state index in [-0.39, 0.29) is 23.7 Å². The van der Waals surface area contributed by atoms with E-state index < -0.39 is 0 Å². The van der Waals surface area contributed by atoms with E-state index in [1.54, 1.807) is 6.20 Å². The van der Waals surface area contributed by atoms with Gasteiger partial charge in [0.2, 0.25) is 11.8 Å². The van der Waals surface area contributed by atoms with Crippen LogP contribution in [0.2, 0.25) is 0 Å². The summed E-state index contributed by atoms with van der Waals surface area (Å²) in [7, 11) is 0. The van der Waals surface area contributed by atoms with Crippen LogP contribution in [0.25, 0.3) is 0 Å². The Morgan fingerprint density at radius 2 is 1.96 bits per heavy atom. The monoisotopic (exact) mass is 344 g/mol. The molecule has 2 aliphatic heterocycles. The molecule has 2 N–H and O–H groups in total. The summed E-state index contributed by atoms with van der Waals surface area (Å²) in [6.07, 6.45) is 5.03. The molecule has 2 fully saturated rings. The number of carbonyl (C=O) groups is 2. The molecule has 0 radical (unpaired) electrons. The van der Waals surface area contributed by atoms with Crippen LogP contribution in [-0.2, 0) is 9.59 Å². The number of pyridine rings is 1. The summed E-state index contributed by atoms with van der Waals surface area (Å²) in [5, 5.41) is 6.28. The van der Waals surface area contributed by atoms with Crippen LogP contribution in [-0.4, -0.2) is 47.4 Å². The SMILES string of the molecule is Cc1ccc(NC(=O)C2CCN(C(=O)[C@H]3CCN[C@@H](C)C3)CC2)nc1. The van der Waals surface area contributed by atoms with Crippen LogP contribution in [0, 0.1) is 18.8 Å². The zero-order chi connectivity index (χ0) is 17.8. The molecule has 1 aromatic heterocycles. The van der Waals surface area contributed by atoms with Crippen LogP contribution >= 0.6 is 0 Å². The van der Waals surface area contributed by atoms with Crippen molar-refractivity contribution in [3.63, 3.8) is 0 Å². The van der Waals surface area contributed by atoms with Gasteiger partial charge < -0.3 is 15.5 Å². The normalized spacial score (nSPS) is 24.8. The third-order valence-corrected chi connectivity index (χ3v) is 5.31. The molecule has 0 saturated carbocycles. The van der Waals surface area contributed by atoms with Crippen LogP contribution in [0.15, 0.2) is 18.3 Å². The Balaban J connectivity index is 1.48. The van der Waals surface area contributed by atoms with Gasteiger partial charge in [0, 0.05) is 37.2 Å². The Kier molecular flexibility index (Phi) is 5.68. The number of nitrogens with one attached hydrogen (secondary N) is 2. The van der Waals surface area contributed by atoms with E-state index in [1.165, 1.54) is 0 Å². The van der Waals surface area contributed by atoms with Crippen LogP contribution in [0.5, 0.6) is 0 Å². The molecular weight excluding hydrogens is 316 g/mol. The molecule has 6 nitrogen and oxygen atoms in total. The molecule has 2 aliphatic rings. The van der Waals surface area contributed by atoms with E-state index in [1.807, 2.05) is 24.0 Å². The summed E-state index contributed by atoms with van der Waals surface area (Å²) in [5.41, 5.74) is 1.07. The molecule has 2 saturated heterocycles. The summed E-state index contributed by atoms with van der Waals surface area (Å²) >= 11 is 0. The molecule has 2 amide bonds. The van der Waals surface area contributed by atoms with Crippen LogP contribution in [0.3, 0.4) is 0 Å². The van der Waals surface area contributed by atoms with Gasteiger partial charge in [0.05, 0.1) is 0 Å². The van der Waals surface area contributed by atoms with Crippen molar-refractivity contribution < 1.29 is 9.59 Å². The first-order chi connectivity index (χ1) is 12.0. The predicted molar refractivity (Wildman–Crippen MR) is 97.1 cm³/mol. The van der Waals surface area contributed by atoms with Gasteiger partial charge in [-0.05, 0) is 57.7 Å². The lowest BCUT2D eigenvalue weighted by Crippen LogP contribution is -2.47. The van der Waals surface area contributed by atoms with Crippen LogP contribution in [0.1, 0.15) is 38.2 Å². The highest BCUT2D eigenvalue weighted by Gasteiger charge is 2.32. The fraction of sp³-hybridized carbons (Fsp3) is 0.632. The van der Waals surface area contributed by atoms with Crippen molar-refractivity contribution in [2.24, 2.45) is 11.8 Å². The summed E-state index contributed by atoms with van der Waals surface area (Å²) < 4.78 is 0. The third kappa shape index (κ3) is 4.57. The quantitative estimate of drug-likeness (QED) is 0.879. The molecule has 0 aliphatic carbocycles. The summed E-state index contributed by atoms with van der Waals surface area (Å²) in [5.74, 6) is 0.974. The van der Waals surface area contributed by atoms with Gasteiger partial charge >= 0.3 is 0 Å². The number of anilines is 1. The van der Waals surface area contributed by atoms with Gasteiger partial charge in [-0.1, -0.05) is 6.07 Å². The first-order valence-electron chi connectivity index (χ1n) is 9.28. The molecule has 0 unspecified atom stereocenters. The molecule has 0 bridgehead atoms.